The van der Waals surface area contributed by atoms with Crippen LogP contribution in [0.25, 0.3) is 0 Å². The fourth-order valence-electron chi connectivity index (χ4n) is 1.28. The molecule has 0 radical (unpaired) electrons. The lowest BCUT2D eigenvalue weighted by molar-refractivity contribution is 0.0793. The van der Waals surface area contributed by atoms with Gasteiger partial charge in [-0.3, -0.25) is 0 Å². The third-order valence-corrected chi connectivity index (χ3v) is 1.90. The number of rotatable bonds is 2. The maximum absolute atomic E-state index is 9.70. The van der Waals surface area contributed by atoms with Crippen molar-refractivity contribution in [3.8, 4) is 0 Å². The van der Waals surface area contributed by atoms with Gasteiger partial charge in [0.1, 0.15) is 0 Å². The molecule has 3 N–H and O–H groups in total. The molecular formula is C9H13BO3. The second kappa shape index (κ2) is 3.50. The smallest absolute Gasteiger partial charge is 0.423 e. The topological polar surface area (TPSA) is 60.7 Å². The van der Waals surface area contributed by atoms with E-state index >= 15 is 0 Å². The quantitative estimate of drug-likeness (QED) is 0.542. The molecule has 1 rings (SSSR count). The van der Waals surface area contributed by atoms with Gasteiger partial charge in [0, 0.05) is 0 Å². The van der Waals surface area contributed by atoms with E-state index in [-0.39, 0.29) is 0 Å². The minimum absolute atomic E-state index is 0.343. The highest BCUT2D eigenvalue weighted by atomic mass is 16.4. The van der Waals surface area contributed by atoms with E-state index in [2.05, 4.69) is 0 Å². The van der Waals surface area contributed by atoms with Crippen molar-refractivity contribution in [1.29, 1.82) is 0 Å². The molecule has 0 aliphatic heterocycles. The lowest BCUT2D eigenvalue weighted by atomic mass is 9.73. The van der Waals surface area contributed by atoms with Crippen LogP contribution in [0, 0.1) is 0 Å². The van der Waals surface area contributed by atoms with Crippen molar-refractivity contribution in [2.45, 2.75) is 19.4 Å². The molecule has 70 valence electrons. The lowest BCUT2D eigenvalue weighted by Gasteiger charge is -2.21. The monoisotopic (exact) mass is 180 g/mol. The first-order valence-electron chi connectivity index (χ1n) is 4.11. The van der Waals surface area contributed by atoms with Gasteiger partial charge >= 0.3 is 7.12 Å². The van der Waals surface area contributed by atoms with Gasteiger partial charge < -0.3 is 15.2 Å². The first-order valence-corrected chi connectivity index (χ1v) is 4.11. The van der Waals surface area contributed by atoms with Gasteiger partial charge in [0.25, 0.3) is 0 Å². The van der Waals surface area contributed by atoms with Gasteiger partial charge in [-0.25, -0.2) is 0 Å². The third kappa shape index (κ3) is 2.31. The maximum Gasteiger partial charge on any atom is 0.488 e. The van der Waals surface area contributed by atoms with Crippen LogP contribution in [-0.4, -0.2) is 22.3 Å². The molecule has 1 aromatic carbocycles. The van der Waals surface area contributed by atoms with Gasteiger partial charge in [0.15, 0.2) is 0 Å². The average Bonchev–Trinajstić information content (AvgIpc) is 2.03. The Morgan fingerprint density at radius 1 is 1.15 bits per heavy atom. The summed E-state index contributed by atoms with van der Waals surface area (Å²) in [7, 11) is -1.54. The summed E-state index contributed by atoms with van der Waals surface area (Å²) in [4.78, 5) is 0. The molecule has 0 aliphatic rings. The van der Waals surface area contributed by atoms with E-state index in [4.69, 9.17) is 10.0 Å². The molecule has 0 bridgehead atoms. The Labute approximate surface area is 77.8 Å². The number of benzene rings is 1. The fraction of sp³-hybridized carbons (Fsp3) is 0.333. The minimum atomic E-state index is -1.54. The summed E-state index contributed by atoms with van der Waals surface area (Å²) >= 11 is 0. The SMILES string of the molecule is CC(C)(O)c1ccccc1B(O)O. The van der Waals surface area contributed by atoms with E-state index < -0.39 is 12.7 Å². The number of hydrogen-bond donors (Lipinski definition) is 3. The van der Waals surface area contributed by atoms with E-state index in [0.29, 0.717) is 11.0 Å². The van der Waals surface area contributed by atoms with Crippen LogP contribution in [0.1, 0.15) is 19.4 Å². The Morgan fingerprint density at radius 2 is 1.69 bits per heavy atom. The van der Waals surface area contributed by atoms with Crippen LogP contribution in [0.15, 0.2) is 24.3 Å². The van der Waals surface area contributed by atoms with Gasteiger partial charge in [-0.05, 0) is 24.9 Å². The van der Waals surface area contributed by atoms with E-state index in [1.165, 1.54) is 0 Å². The summed E-state index contributed by atoms with van der Waals surface area (Å²) in [5, 5.41) is 27.7. The van der Waals surface area contributed by atoms with Gasteiger partial charge in [-0.15, -0.1) is 0 Å². The second-order valence-corrected chi connectivity index (χ2v) is 3.52. The second-order valence-electron chi connectivity index (χ2n) is 3.52. The molecule has 1 aromatic rings. The van der Waals surface area contributed by atoms with E-state index in [0.717, 1.165) is 0 Å². The summed E-state index contributed by atoms with van der Waals surface area (Å²) in [5.41, 5.74) is -0.180. The first kappa shape index (κ1) is 10.2. The maximum atomic E-state index is 9.70. The van der Waals surface area contributed by atoms with Crippen LogP contribution in [0.3, 0.4) is 0 Å². The van der Waals surface area contributed by atoms with Gasteiger partial charge in [-0.1, -0.05) is 24.3 Å². The zero-order valence-corrected chi connectivity index (χ0v) is 7.73. The molecule has 13 heavy (non-hydrogen) atoms. The standard InChI is InChI=1S/C9H13BO3/c1-9(2,11)7-5-3-4-6-8(7)10(12)13/h3-6,11-13H,1-2H3. The molecular weight excluding hydrogens is 167 g/mol. The number of aliphatic hydroxyl groups is 1. The third-order valence-electron chi connectivity index (χ3n) is 1.90. The van der Waals surface area contributed by atoms with E-state index in [9.17, 15) is 5.11 Å². The highest BCUT2D eigenvalue weighted by Crippen LogP contribution is 2.17. The van der Waals surface area contributed by atoms with Gasteiger partial charge in [0.2, 0.25) is 0 Å². The molecule has 0 unspecified atom stereocenters. The van der Waals surface area contributed by atoms with Crippen molar-refractivity contribution in [1.82, 2.24) is 0 Å². The number of hydrogen-bond acceptors (Lipinski definition) is 3. The van der Waals surface area contributed by atoms with E-state index in [1.54, 1.807) is 38.1 Å². The molecule has 0 spiro atoms. The molecule has 0 aliphatic carbocycles. The summed E-state index contributed by atoms with van der Waals surface area (Å²) < 4.78 is 0. The molecule has 3 nitrogen and oxygen atoms in total. The highest BCUT2D eigenvalue weighted by molar-refractivity contribution is 6.59. The summed E-state index contributed by atoms with van der Waals surface area (Å²) in [5.74, 6) is 0. The van der Waals surface area contributed by atoms with Gasteiger partial charge in [-0.2, -0.15) is 0 Å². The van der Waals surface area contributed by atoms with Crippen molar-refractivity contribution in [3.63, 3.8) is 0 Å². The average molecular weight is 180 g/mol. The zero-order valence-electron chi connectivity index (χ0n) is 7.73. The summed E-state index contributed by atoms with van der Waals surface area (Å²) in [6.45, 7) is 3.21. The lowest BCUT2D eigenvalue weighted by Crippen LogP contribution is -2.37. The van der Waals surface area contributed by atoms with Crippen molar-refractivity contribution in [3.05, 3.63) is 29.8 Å². The van der Waals surface area contributed by atoms with Crippen LogP contribution >= 0.6 is 0 Å². The highest BCUT2D eigenvalue weighted by Gasteiger charge is 2.24. The Morgan fingerprint density at radius 3 is 2.08 bits per heavy atom. The van der Waals surface area contributed by atoms with Crippen molar-refractivity contribution in [2.75, 3.05) is 0 Å². The Kier molecular flexibility index (Phi) is 2.76. The molecule has 0 fully saturated rings. The Bertz CT molecular complexity index is 291. The van der Waals surface area contributed by atoms with Crippen molar-refractivity contribution in [2.24, 2.45) is 0 Å². The van der Waals surface area contributed by atoms with Crippen molar-refractivity contribution >= 4 is 12.6 Å². The zero-order chi connectivity index (χ0) is 10.1. The molecule has 0 aromatic heterocycles. The molecule has 4 heteroatoms. The molecule has 0 saturated heterocycles. The molecule has 0 amide bonds. The normalized spacial score (nSPS) is 11.5. The summed E-state index contributed by atoms with van der Waals surface area (Å²) in [6.07, 6.45) is 0. The van der Waals surface area contributed by atoms with Gasteiger partial charge in [0.05, 0.1) is 5.60 Å². The largest absolute Gasteiger partial charge is 0.488 e. The fourth-order valence-corrected chi connectivity index (χ4v) is 1.28. The molecule has 0 heterocycles. The van der Waals surface area contributed by atoms with E-state index in [1.807, 2.05) is 0 Å². The van der Waals surface area contributed by atoms with Crippen LogP contribution in [-0.2, 0) is 5.60 Å². The first-order chi connectivity index (χ1) is 5.93. The predicted octanol–water partition coefficient (Wildman–Crippen LogP) is -0.406. The molecule has 0 atom stereocenters. The Hall–Kier alpha value is -0.835. The molecule has 0 saturated carbocycles. The van der Waals surface area contributed by atoms with Crippen LogP contribution < -0.4 is 5.46 Å². The van der Waals surface area contributed by atoms with Crippen LogP contribution in [0.4, 0.5) is 0 Å². The van der Waals surface area contributed by atoms with Crippen LogP contribution in [0.5, 0.6) is 0 Å². The predicted molar refractivity (Wildman–Crippen MR) is 51.5 cm³/mol. The Balaban J connectivity index is 3.20. The van der Waals surface area contributed by atoms with Crippen molar-refractivity contribution < 1.29 is 15.2 Å². The summed E-state index contributed by atoms with van der Waals surface area (Å²) in [6, 6.07) is 6.70. The van der Waals surface area contributed by atoms with Crippen LogP contribution in [0.2, 0.25) is 0 Å². The minimum Gasteiger partial charge on any atom is -0.423 e.